The zero-order valence-corrected chi connectivity index (χ0v) is 10.5. The number of carbonyl (C=O) groups excluding carboxylic acids is 1. The maximum Gasteiger partial charge on any atom is 0.337 e. The van der Waals surface area contributed by atoms with Gasteiger partial charge in [0.25, 0.3) is 0 Å². The van der Waals surface area contributed by atoms with Crippen LogP contribution in [0, 0.1) is 0 Å². The van der Waals surface area contributed by atoms with Crippen molar-refractivity contribution in [2.24, 2.45) is 0 Å². The van der Waals surface area contributed by atoms with Crippen LogP contribution in [0.1, 0.15) is 10.4 Å². The lowest BCUT2D eigenvalue weighted by atomic mass is 10.1. The van der Waals surface area contributed by atoms with Crippen molar-refractivity contribution < 1.29 is 9.53 Å². The molecule has 0 spiro atoms. The fourth-order valence-electron chi connectivity index (χ4n) is 1.91. The molecule has 1 saturated heterocycles. The van der Waals surface area contributed by atoms with E-state index in [1.165, 1.54) is 7.11 Å². The minimum Gasteiger partial charge on any atom is -0.465 e. The molecule has 1 aliphatic rings. The molecule has 1 aromatic rings. The van der Waals surface area contributed by atoms with Crippen LogP contribution < -0.4 is 10.2 Å². The molecule has 92 valence electrons. The van der Waals surface area contributed by atoms with E-state index in [2.05, 4.69) is 10.2 Å². The van der Waals surface area contributed by atoms with Crippen LogP contribution >= 0.6 is 11.6 Å². The molecule has 0 aromatic heterocycles. The number of carbonyl (C=O) groups is 1. The SMILES string of the molecule is COC(=O)c1ccc(Cl)c(N2CCNCC2)c1. The van der Waals surface area contributed by atoms with E-state index in [1.54, 1.807) is 18.2 Å². The second kappa shape index (κ2) is 5.38. The second-order valence-corrected chi connectivity index (χ2v) is 4.30. The third-order valence-electron chi connectivity index (χ3n) is 2.82. The Kier molecular flexibility index (Phi) is 3.86. The predicted molar refractivity (Wildman–Crippen MR) is 67.9 cm³/mol. The normalized spacial score (nSPS) is 15.8. The van der Waals surface area contributed by atoms with E-state index < -0.39 is 0 Å². The number of ether oxygens (including phenoxy) is 1. The summed E-state index contributed by atoms with van der Waals surface area (Å²) in [5, 5.41) is 3.94. The van der Waals surface area contributed by atoms with Crippen molar-refractivity contribution in [3.63, 3.8) is 0 Å². The molecule has 4 nitrogen and oxygen atoms in total. The highest BCUT2D eigenvalue weighted by Gasteiger charge is 2.16. The van der Waals surface area contributed by atoms with Crippen LogP contribution in [0.15, 0.2) is 18.2 Å². The van der Waals surface area contributed by atoms with Crippen LogP contribution in [-0.2, 0) is 4.74 Å². The number of anilines is 1. The van der Waals surface area contributed by atoms with Crippen LogP contribution in [0.4, 0.5) is 5.69 Å². The third kappa shape index (κ3) is 2.70. The topological polar surface area (TPSA) is 41.6 Å². The van der Waals surface area contributed by atoms with Gasteiger partial charge in [0.1, 0.15) is 0 Å². The molecule has 1 aromatic carbocycles. The second-order valence-electron chi connectivity index (χ2n) is 3.89. The van der Waals surface area contributed by atoms with E-state index in [9.17, 15) is 4.79 Å². The van der Waals surface area contributed by atoms with Crippen LogP contribution in [0.2, 0.25) is 5.02 Å². The maximum atomic E-state index is 11.5. The Bertz CT molecular complexity index is 417. The largest absolute Gasteiger partial charge is 0.465 e. The molecule has 1 N–H and O–H groups in total. The standard InChI is InChI=1S/C12H15ClN2O2/c1-17-12(16)9-2-3-10(13)11(8-9)15-6-4-14-5-7-15/h2-3,8,14H,4-7H2,1H3. The van der Waals surface area contributed by atoms with Crippen LogP contribution in [-0.4, -0.2) is 39.3 Å². The average Bonchev–Trinajstić information content (AvgIpc) is 2.39. The fourth-order valence-corrected chi connectivity index (χ4v) is 2.14. The highest BCUT2D eigenvalue weighted by atomic mass is 35.5. The lowest BCUT2D eigenvalue weighted by Crippen LogP contribution is -2.43. The Balaban J connectivity index is 2.28. The lowest BCUT2D eigenvalue weighted by Gasteiger charge is -2.30. The van der Waals surface area contributed by atoms with Gasteiger partial charge >= 0.3 is 5.97 Å². The van der Waals surface area contributed by atoms with Gasteiger partial charge in [0.2, 0.25) is 0 Å². The van der Waals surface area contributed by atoms with Gasteiger partial charge in [-0.25, -0.2) is 4.79 Å². The van der Waals surface area contributed by atoms with Gasteiger partial charge in [0.05, 0.1) is 23.4 Å². The van der Waals surface area contributed by atoms with E-state index in [-0.39, 0.29) is 5.97 Å². The molecule has 1 fully saturated rings. The molecule has 0 amide bonds. The first-order valence-corrected chi connectivity index (χ1v) is 5.93. The molecule has 1 heterocycles. The van der Waals surface area contributed by atoms with Gasteiger partial charge in [-0.1, -0.05) is 11.6 Å². The number of rotatable bonds is 2. The first-order valence-electron chi connectivity index (χ1n) is 5.56. The lowest BCUT2D eigenvalue weighted by molar-refractivity contribution is 0.0601. The van der Waals surface area contributed by atoms with Gasteiger partial charge in [-0.3, -0.25) is 0 Å². The van der Waals surface area contributed by atoms with Gasteiger partial charge in [-0.05, 0) is 18.2 Å². The monoisotopic (exact) mass is 254 g/mol. The van der Waals surface area contributed by atoms with E-state index in [1.807, 2.05) is 0 Å². The molecule has 17 heavy (non-hydrogen) atoms. The molecule has 0 atom stereocenters. The predicted octanol–water partition coefficient (Wildman–Crippen LogP) is 1.54. The van der Waals surface area contributed by atoms with E-state index in [0.29, 0.717) is 10.6 Å². The van der Waals surface area contributed by atoms with Crippen molar-refractivity contribution in [2.75, 3.05) is 38.2 Å². The minimum atomic E-state index is -0.335. The first kappa shape index (κ1) is 12.2. The smallest absolute Gasteiger partial charge is 0.337 e. The molecule has 1 aliphatic heterocycles. The number of hydrogen-bond donors (Lipinski definition) is 1. The van der Waals surface area contributed by atoms with Gasteiger partial charge in [0, 0.05) is 26.2 Å². The molecule has 0 saturated carbocycles. The van der Waals surface area contributed by atoms with Crippen molar-refractivity contribution in [3.8, 4) is 0 Å². The summed E-state index contributed by atoms with van der Waals surface area (Å²) in [4.78, 5) is 13.6. The van der Waals surface area contributed by atoms with Gasteiger partial charge < -0.3 is 15.0 Å². The van der Waals surface area contributed by atoms with E-state index >= 15 is 0 Å². The summed E-state index contributed by atoms with van der Waals surface area (Å²) in [7, 11) is 1.38. The molecule has 5 heteroatoms. The molecular formula is C12H15ClN2O2. The molecule has 0 aliphatic carbocycles. The number of nitrogens with one attached hydrogen (secondary N) is 1. The van der Waals surface area contributed by atoms with Crippen LogP contribution in [0.25, 0.3) is 0 Å². The Hall–Kier alpha value is -1.26. The van der Waals surface area contributed by atoms with E-state index in [0.717, 1.165) is 31.9 Å². The Morgan fingerprint density at radius 1 is 1.41 bits per heavy atom. The summed E-state index contributed by atoms with van der Waals surface area (Å²) < 4.78 is 4.71. The molecule has 0 unspecified atom stereocenters. The third-order valence-corrected chi connectivity index (χ3v) is 3.14. The fraction of sp³-hybridized carbons (Fsp3) is 0.417. The molecular weight excluding hydrogens is 240 g/mol. The summed E-state index contributed by atoms with van der Waals surface area (Å²) >= 11 is 6.16. The Morgan fingerprint density at radius 3 is 2.76 bits per heavy atom. The zero-order chi connectivity index (χ0) is 12.3. The van der Waals surface area contributed by atoms with Crippen molar-refractivity contribution >= 4 is 23.3 Å². The number of benzene rings is 1. The van der Waals surface area contributed by atoms with E-state index in [4.69, 9.17) is 16.3 Å². The number of methoxy groups -OCH3 is 1. The minimum absolute atomic E-state index is 0.335. The average molecular weight is 255 g/mol. The number of nitrogens with zero attached hydrogens (tertiary/aromatic N) is 1. The molecule has 2 rings (SSSR count). The Morgan fingerprint density at radius 2 is 2.12 bits per heavy atom. The number of halogens is 1. The quantitative estimate of drug-likeness (QED) is 0.813. The highest BCUT2D eigenvalue weighted by molar-refractivity contribution is 6.33. The number of hydrogen-bond acceptors (Lipinski definition) is 4. The Labute approximate surface area is 106 Å². The summed E-state index contributed by atoms with van der Waals surface area (Å²) in [6.07, 6.45) is 0. The van der Waals surface area contributed by atoms with Crippen molar-refractivity contribution in [1.82, 2.24) is 5.32 Å². The number of esters is 1. The molecule has 0 bridgehead atoms. The van der Waals surface area contributed by atoms with Crippen molar-refractivity contribution in [2.45, 2.75) is 0 Å². The van der Waals surface area contributed by atoms with Gasteiger partial charge in [-0.2, -0.15) is 0 Å². The van der Waals surface area contributed by atoms with Gasteiger partial charge in [-0.15, -0.1) is 0 Å². The summed E-state index contributed by atoms with van der Waals surface area (Å²) in [6, 6.07) is 5.21. The number of piperazine rings is 1. The van der Waals surface area contributed by atoms with Crippen LogP contribution in [0.5, 0.6) is 0 Å². The van der Waals surface area contributed by atoms with Crippen LogP contribution in [0.3, 0.4) is 0 Å². The van der Waals surface area contributed by atoms with Crippen molar-refractivity contribution in [1.29, 1.82) is 0 Å². The summed E-state index contributed by atoms with van der Waals surface area (Å²) in [6.45, 7) is 3.65. The summed E-state index contributed by atoms with van der Waals surface area (Å²) in [5.74, 6) is -0.335. The maximum absolute atomic E-state index is 11.5. The summed E-state index contributed by atoms with van der Waals surface area (Å²) in [5.41, 5.74) is 1.43. The highest BCUT2D eigenvalue weighted by Crippen LogP contribution is 2.27. The first-order chi connectivity index (χ1) is 8.22. The van der Waals surface area contributed by atoms with Crippen molar-refractivity contribution in [3.05, 3.63) is 28.8 Å². The molecule has 0 radical (unpaired) electrons. The van der Waals surface area contributed by atoms with Gasteiger partial charge in [0.15, 0.2) is 0 Å². The zero-order valence-electron chi connectivity index (χ0n) is 9.70.